The minimum absolute atomic E-state index is 0.130. The molecule has 10 nitrogen and oxygen atoms in total. The molecule has 1 fully saturated rings. The van der Waals surface area contributed by atoms with Crippen molar-refractivity contribution in [2.75, 3.05) is 20.8 Å². The van der Waals surface area contributed by atoms with Crippen LogP contribution in [0.4, 0.5) is 0 Å². The number of esters is 1. The highest BCUT2D eigenvalue weighted by Crippen LogP contribution is 2.43. The second-order valence-corrected chi connectivity index (χ2v) is 8.53. The first kappa shape index (κ1) is 24.8. The first-order valence-electron chi connectivity index (χ1n) is 11.5. The lowest BCUT2D eigenvalue weighted by Crippen LogP contribution is -2.36. The molecule has 10 heteroatoms. The number of imidazole rings is 1. The molecule has 3 aromatic rings. The van der Waals surface area contributed by atoms with Crippen LogP contribution in [0, 0.1) is 13.8 Å². The summed E-state index contributed by atoms with van der Waals surface area (Å²) in [5.41, 5.74) is 1.45. The Hall–Kier alpha value is -4.34. The normalized spacial score (nSPS) is 17.0. The van der Waals surface area contributed by atoms with E-state index in [1.165, 1.54) is 19.1 Å². The summed E-state index contributed by atoms with van der Waals surface area (Å²) in [6, 6.07) is 6.08. The Morgan fingerprint density at radius 1 is 1.19 bits per heavy atom. The van der Waals surface area contributed by atoms with Crippen LogP contribution in [-0.2, 0) is 20.9 Å². The number of nitrogens with zero attached hydrogens (tertiary/aromatic N) is 2. The topological polar surface area (TPSA) is 131 Å². The summed E-state index contributed by atoms with van der Waals surface area (Å²) in [5, 5.41) is 13.9. The van der Waals surface area contributed by atoms with Crippen LogP contribution in [0.2, 0.25) is 0 Å². The van der Waals surface area contributed by atoms with Crippen molar-refractivity contribution in [1.82, 2.24) is 14.9 Å². The number of aryl methyl sites for hydroxylation is 2. The van der Waals surface area contributed by atoms with Gasteiger partial charge >= 0.3 is 5.97 Å². The number of H-pyrrole nitrogens is 2. The van der Waals surface area contributed by atoms with Crippen molar-refractivity contribution >= 4 is 23.4 Å². The van der Waals surface area contributed by atoms with Crippen molar-refractivity contribution < 1.29 is 33.5 Å². The van der Waals surface area contributed by atoms with E-state index in [4.69, 9.17) is 9.47 Å². The van der Waals surface area contributed by atoms with E-state index in [1.807, 2.05) is 10.8 Å². The molecule has 0 radical (unpaired) electrons. The number of ether oxygens (including phenoxy) is 2. The second kappa shape index (κ2) is 10.1. The van der Waals surface area contributed by atoms with E-state index >= 15 is 0 Å². The van der Waals surface area contributed by atoms with Crippen LogP contribution in [0.3, 0.4) is 0 Å². The zero-order chi connectivity index (χ0) is 26.0. The lowest BCUT2D eigenvalue weighted by molar-refractivity contribution is -0.695. The summed E-state index contributed by atoms with van der Waals surface area (Å²) < 4.78 is 12.3. The fourth-order valence-corrected chi connectivity index (χ4v) is 4.73. The summed E-state index contributed by atoms with van der Waals surface area (Å²) in [6.07, 6.45) is 6.01. The summed E-state index contributed by atoms with van der Waals surface area (Å²) in [5.74, 6) is -2.37. The number of nitrogens with one attached hydrogen (secondary N) is 2. The first-order chi connectivity index (χ1) is 17.3. The van der Waals surface area contributed by atoms with Crippen molar-refractivity contribution in [2.24, 2.45) is 0 Å². The van der Waals surface area contributed by atoms with E-state index in [-0.39, 0.29) is 23.4 Å². The van der Waals surface area contributed by atoms with Crippen LogP contribution in [0.25, 0.3) is 5.76 Å². The van der Waals surface area contributed by atoms with Gasteiger partial charge in [0, 0.05) is 29.8 Å². The Bertz CT molecular complexity index is 1340. The number of methoxy groups -OCH3 is 2. The number of hydrogen-bond acceptors (Lipinski definition) is 6. The Balaban J connectivity index is 1.83. The minimum atomic E-state index is -0.930. The van der Waals surface area contributed by atoms with Crippen LogP contribution >= 0.6 is 0 Å². The maximum atomic E-state index is 13.9. The van der Waals surface area contributed by atoms with Gasteiger partial charge in [0.05, 0.1) is 26.8 Å². The van der Waals surface area contributed by atoms with Gasteiger partial charge in [-0.2, -0.15) is 0 Å². The molecule has 2 aromatic heterocycles. The number of aromatic amines is 2. The summed E-state index contributed by atoms with van der Waals surface area (Å²) in [6.45, 7) is 4.11. The number of rotatable bonds is 8. The quantitative estimate of drug-likeness (QED) is 0.160. The number of amides is 1. The smallest absolute Gasteiger partial charge is 0.354 e. The Morgan fingerprint density at radius 3 is 2.61 bits per heavy atom. The van der Waals surface area contributed by atoms with Crippen LogP contribution in [0.1, 0.15) is 45.3 Å². The molecular formula is C26H28N4O6. The van der Waals surface area contributed by atoms with Crippen LogP contribution in [0.15, 0.2) is 48.6 Å². The second-order valence-electron chi connectivity index (χ2n) is 8.53. The summed E-state index contributed by atoms with van der Waals surface area (Å²) in [7, 11) is 2.74. The van der Waals surface area contributed by atoms with Crippen LogP contribution < -0.4 is 14.4 Å². The Morgan fingerprint density at radius 2 is 1.94 bits per heavy atom. The van der Waals surface area contributed by atoms with Gasteiger partial charge in [-0.3, -0.25) is 14.6 Å². The standard InChI is InChI=1S/C26H28N4O6/c1-15-19(16(2)28-21(15)26(34)36-4)23(31)20-22(17-8-5-6-9-18(17)35-3)30(25(33)24(20)32)12-7-11-29-13-10-27-14-29/h5-6,8-10,13-14,22H,7,11-12H2,1-4H3,(H2,28,31,32,34). The molecule has 2 N–H and O–H groups in total. The number of benzene rings is 1. The SMILES string of the molecule is COC(=O)c1[nH]c(C)c(C([O-])=C2C(=O)C(=O)N(CCC[n+]3cc[nH]c3)C2c2ccccc2OC)c1C. The van der Waals surface area contributed by atoms with Crippen molar-refractivity contribution in [3.8, 4) is 5.75 Å². The predicted octanol–water partition coefficient (Wildman–Crippen LogP) is 1.36. The van der Waals surface area contributed by atoms with Crippen molar-refractivity contribution in [1.29, 1.82) is 0 Å². The first-order valence-corrected chi connectivity index (χ1v) is 11.5. The van der Waals surface area contributed by atoms with Gasteiger partial charge in [0.1, 0.15) is 23.8 Å². The summed E-state index contributed by atoms with van der Waals surface area (Å²) in [4.78, 5) is 46.0. The van der Waals surface area contributed by atoms with E-state index in [1.54, 1.807) is 50.6 Å². The van der Waals surface area contributed by atoms with Crippen LogP contribution in [-0.4, -0.2) is 53.3 Å². The number of para-hydroxylation sites is 1. The molecule has 1 amide bonds. The van der Waals surface area contributed by atoms with E-state index < -0.39 is 29.5 Å². The van der Waals surface area contributed by atoms with Gasteiger partial charge in [-0.05, 0) is 31.0 Å². The average Bonchev–Trinajstić information content (AvgIpc) is 3.56. The molecule has 36 heavy (non-hydrogen) atoms. The maximum absolute atomic E-state index is 13.9. The number of aromatic nitrogens is 3. The molecule has 0 saturated carbocycles. The lowest BCUT2D eigenvalue weighted by Gasteiger charge is -2.28. The molecule has 0 bridgehead atoms. The molecule has 1 unspecified atom stereocenters. The molecule has 0 spiro atoms. The molecule has 188 valence electrons. The largest absolute Gasteiger partial charge is 0.872 e. The highest BCUT2D eigenvalue weighted by atomic mass is 16.5. The van der Waals surface area contributed by atoms with Gasteiger partial charge < -0.3 is 24.5 Å². The van der Waals surface area contributed by atoms with Crippen molar-refractivity contribution in [2.45, 2.75) is 32.9 Å². The van der Waals surface area contributed by atoms with Gasteiger partial charge in [-0.15, -0.1) is 0 Å². The fourth-order valence-electron chi connectivity index (χ4n) is 4.73. The van der Waals surface area contributed by atoms with Gasteiger partial charge in [0.25, 0.3) is 5.91 Å². The van der Waals surface area contributed by atoms with E-state index in [0.717, 1.165) is 0 Å². The van der Waals surface area contributed by atoms with Gasteiger partial charge in [0.2, 0.25) is 12.1 Å². The molecule has 1 aliphatic heterocycles. The van der Waals surface area contributed by atoms with Crippen molar-refractivity contribution in [3.05, 3.63) is 76.6 Å². The zero-order valence-corrected chi connectivity index (χ0v) is 20.6. The van der Waals surface area contributed by atoms with E-state index in [2.05, 4.69) is 9.97 Å². The Labute approximate surface area is 208 Å². The number of ketones is 1. The number of carbonyl (C=O) groups is 3. The minimum Gasteiger partial charge on any atom is -0.872 e. The molecule has 0 aliphatic carbocycles. The summed E-state index contributed by atoms with van der Waals surface area (Å²) >= 11 is 0. The van der Waals surface area contributed by atoms with E-state index in [0.29, 0.717) is 35.5 Å². The molecule has 3 heterocycles. The van der Waals surface area contributed by atoms with Gasteiger partial charge in [-0.25, -0.2) is 9.36 Å². The third-order valence-electron chi connectivity index (χ3n) is 6.43. The fraction of sp³-hybridized carbons (Fsp3) is 0.308. The van der Waals surface area contributed by atoms with Crippen LogP contribution in [0.5, 0.6) is 5.75 Å². The highest BCUT2D eigenvalue weighted by Gasteiger charge is 2.45. The van der Waals surface area contributed by atoms with Crippen molar-refractivity contribution in [3.63, 3.8) is 0 Å². The average molecular weight is 493 g/mol. The molecule has 1 saturated heterocycles. The molecule has 1 aromatic carbocycles. The number of hydrogen-bond donors (Lipinski definition) is 2. The van der Waals surface area contributed by atoms with Gasteiger partial charge in [-0.1, -0.05) is 24.0 Å². The molecule has 1 atom stereocenters. The zero-order valence-electron chi connectivity index (χ0n) is 20.6. The lowest BCUT2D eigenvalue weighted by atomic mass is 9.93. The third kappa shape index (κ3) is 4.26. The number of Topliss-reactive ketones (excluding diaryl/α,β-unsaturated/α-hetero) is 1. The van der Waals surface area contributed by atoms with Gasteiger partial charge in [0.15, 0.2) is 0 Å². The molecular weight excluding hydrogens is 464 g/mol. The molecule has 4 rings (SSSR count). The maximum Gasteiger partial charge on any atom is 0.354 e. The third-order valence-corrected chi connectivity index (χ3v) is 6.43. The monoisotopic (exact) mass is 492 g/mol. The number of carbonyl (C=O) groups excluding carboxylic acids is 3. The number of likely N-dealkylation sites (tertiary alicyclic amines) is 1. The predicted molar refractivity (Wildman–Crippen MR) is 127 cm³/mol. The van der Waals surface area contributed by atoms with E-state index in [9.17, 15) is 19.5 Å². The highest BCUT2D eigenvalue weighted by molar-refractivity contribution is 6.46. The molecule has 1 aliphatic rings. The Kier molecular flexibility index (Phi) is 6.96.